The van der Waals surface area contributed by atoms with Gasteiger partial charge in [0.05, 0.1) is 6.04 Å². The van der Waals surface area contributed by atoms with Crippen LogP contribution in [0.1, 0.15) is 12.0 Å². The number of benzene rings is 1. The fourth-order valence-corrected chi connectivity index (χ4v) is 2.03. The van der Waals surface area contributed by atoms with Gasteiger partial charge in [-0.25, -0.2) is 4.79 Å². The highest BCUT2D eigenvalue weighted by molar-refractivity contribution is 5.92. The number of Topliss-reactive ketones (excluding diaryl/α,β-unsaturated/α-hetero) is 1. The molecule has 8 heteroatoms. The molecule has 0 saturated heterocycles. The van der Waals surface area contributed by atoms with Gasteiger partial charge in [0.15, 0.2) is 5.78 Å². The van der Waals surface area contributed by atoms with Gasteiger partial charge in [-0.05, 0) is 18.4 Å². The minimum Gasteiger partial charge on any atom is -0.465 e. The number of aliphatic hydroxyl groups is 1. The molecule has 23 heavy (non-hydrogen) atoms. The average Bonchev–Trinajstić information content (AvgIpc) is 2.56. The summed E-state index contributed by atoms with van der Waals surface area (Å²) in [6.07, 6.45) is -0.568. The van der Waals surface area contributed by atoms with Gasteiger partial charge in [-0.3, -0.25) is 9.59 Å². The summed E-state index contributed by atoms with van der Waals surface area (Å²) in [6, 6.07) is 7.30. The molecule has 0 heterocycles. The Labute approximate surface area is 133 Å². The topological polar surface area (TPSA) is 142 Å². The van der Waals surface area contributed by atoms with Gasteiger partial charge < -0.3 is 26.6 Å². The van der Waals surface area contributed by atoms with E-state index in [9.17, 15) is 14.4 Å². The van der Waals surface area contributed by atoms with E-state index in [1.807, 2.05) is 35.6 Å². The van der Waals surface area contributed by atoms with Crippen LogP contribution in [0.2, 0.25) is 0 Å². The maximum atomic E-state index is 12.0. The van der Waals surface area contributed by atoms with Crippen molar-refractivity contribution in [3.05, 3.63) is 35.9 Å². The van der Waals surface area contributed by atoms with Crippen LogP contribution in [-0.2, 0) is 16.0 Å². The quantitative estimate of drug-likeness (QED) is 0.405. The average molecular weight is 323 g/mol. The molecule has 0 aliphatic heterocycles. The normalized spacial score (nSPS) is 13.0. The largest absolute Gasteiger partial charge is 0.465 e. The van der Waals surface area contributed by atoms with E-state index in [1.165, 1.54) is 0 Å². The number of amides is 2. The first-order valence-corrected chi connectivity index (χ1v) is 7.15. The molecule has 1 aromatic carbocycles. The SMILES string of the molecule is NCC(NC(=O)O)C(=O)NC(CCc1ccccc1)C(=O)CO. The van der Waals surface area contributed by atoms with Crippen LogP contribution in [0.25, 0.3) is 0 Å². The Morgan fingerprint density at radius 2 is 1.74 bits per heavy atom. The first-order chi connectivity index (χ1) is 11.0. The maximum Gasteiger partial charge on any atom is 0.405 e. The van der Waals surface area contributed by atoms with Crippen molar-refractivity contribution in [1.29, 1.82) is 0 Å². The minimum absolute atomic E-state index is 0.239. The van der Waals surface area contributed by atoms with Crippen molar-refractivity contribution >= 4 is 17.8 Å². The van der Waals surface area contributed by atoms with Crippen LogP contribution in [0.4, 0.5) is 4.79 Å². The number of aryl methyl sites for hydroxylation is 1. The van der Waals surface area contributed by atoms with Crippen LogP contribution in [-0.4, -0.2) is 53.2 Å². The molecule has 1 rings (SSSR count). The third-order valence-corrected chi connectivity index (χ3v) is 3.28. The van der Waals surface area contributed by atoms with Gasteiger partial charge in [0, 0.05) is 6.54 Å². The monoisotopic (exact) mass is 323 g/mol. The lowest BCUT2D eigenvalue weighted by molar-refractivity contribution is -0.130. The number of nitrogens with two attached hydrogens (primary N) is 1. The summed E-state index contributed by atoms with van der Waals surface area (Å²) in [4.78, 5) is 34.4. The Morgan fingerprint density at radius 3 is 2.26 bits per heavy atom. The Bertz CT molecular complexity index is 535. The van der Waals surface area contributed by atoms with Crippen LogP contribution in [0.3, 0.4) is 0 Å². The van der Waals surface area contributed by atoms with E-state index in [4.69, 9.17) is 15.9 Å². The molecule has 2 atom stereocenters. The van der Waals surface area contributed by atoms with Crippen molar-refractivity contribution < 1.29 is 24.6 Å². The molecule has 0 radical (unpaired) electrons. The van der Waals surface area contributed by atoms with Crippen molar-refractivity contribution in [2.75, 3.05) is 13.2 Å². The summed E-state index contributed by atoms with van der Waals surface area (Å²) < 4.78 is 0. The second-order valence-corrected chi connectivity index (χ2v) is 4.95. The van der Waals surface area contributed by atoms with Crippen molar-refractivity contribution in [2.45, 2.75) is 24.9 Å². The number of hydrogen-bond acceptors (Lipinski definition) is 5. The fraction of sp³-hybridized carbons (Fsp3) is 0.400. The van der Waals surface area contributed by atoms with Crippen LogP contribution in [0.5, 0.6) is 0 Å². The third kappa shape index (κ3) is 6.45. The molecule has 0 aliphatic carbocycles. The van der Waals surface area contributed by atoms with Gasteiger partial charge in [0.25, 0.3) is 0 Å². The molecular formula is C15H21N3O5. The molecule has 0 fully saturated rings. The summed E-state index contributed by atoms with van der Waals surface area (Å²) in [7, 11) is 0. The second-order valence-electron chi connectivity index (χ2n) is 4.95. The van der Waals surface area contributed by atoms with Crippen molar-refractivity contribution in [3.63, 3.8) is 0 Å². The second kappa shape index (κ2) is 9.54. The molecule has 2 amide bonds. The lowest BCUT2D eigenvalue weighted by atomic mass is 10.0. The number of hydrogen-bond donors (Lipinski definition) is 5. The zero-order chi connectivity index (χ0) is 17.2. The lowest BCUT2D eigenvalue weighted by Gasteiger charge is -2.20. The van der Waals surface area contributed by atoms with Crippen molar-refractivity contribution in [1.82, 2.24) is 10.6 Å². The number of ketones is 1. The van der Waals surface area contributed by atoms with E-state index in [1.54, 1.807) is 0 Å². The van der Waals surface area contributed by atoms with Crippen molar-refractivity contribution in [3.8, 4) is 0 Å². The predicted molar refractivity (Wildman–Crippen MR) is 82.8 cm³/mol. The highest BCUT2D eigenvalue weighted by Crippen LogP contribution is 2.06. The number of aliphatic hydroxyl groups excluding tert-OH is 1. The van der Waals surface area contributed by atoms with Crippen LogP contribution >= 0.6 is 0 Å². The zero-order valence-corrected chi connectivity index (χ0v) is 12.6. The predicted octanol–water partition coefficient (Wildman–Crippen LogP) is -0.740. The molecule has 0 saturated carbocycles. The van der Waals surface area contributed by atoms with Gasteiger partial charge in [-0.2, -0.15) is 0 Å². The van der Waals surface area contributed by atoms with Crippen molar-refractivity contribution in [2.24, 2.45) is 5.73 Å². The number of carboxylic acid groups (broad SMARTS) is 1. The molecule has 2 unspecified atom stereocenters. The van der Waals surface area contributed by atoms with E-state index in [0.29, 0.717) is 12.8 Å². The summed E-state index contributed by atoms with van der Waals surface area (Å²) in [6.45, 7) is -0.948. The molecule has 0 aliphatic rings. The van der Waals surface area contributed by atoms with Gasteiger partial charge >= 0.3 is 6.09 Å². The fourth-order valence-electron chi connectivity index (χ4n) is 2.03. The first kappa shape index (κ1) is 18.6. The Kier molecular flexibility index (Phi) is 7.72. The minimum atomic E-state index is -1.38. The van der Waals surface area contributed by atoms with E-state index >= 15 is 0 Å². The highest BCUT2D eigenvalue weighted by atomic mass is 16.4. The first-order valence-electron chi connectivity index (χ1n) is 7.15. The Hall–Kier alpha value is -2.45. The summed E-state index contributed by atoms with van der Waals surface area (Å²) in [5.41, 5.74) is 6.33. The summed E-state index contributed by atoms with van der Waals surface area (Å²) in [5.74, 6) is -1.24. The molecule has 0 spiro atoms. The lowest BCUT2D eigenvalue weighted by Crippen LogP contribution is -2.54. The molecule has 0 bridgehead atoms. The third-order valence-electron chi connectivity index (χ3n) is 3.28. The van der Waals surface area contributed by atoms with Crippen LogP contribution < -0.4 is 16.4 Å². The zero-order valence-electron chi connectivity index (χ0n) is 12.6. The number of carbonyl (C=O) groups is 3. The van der Waals surface area contributed by atoms with E-state index in [0.717, 1.165) is 5.56 Å². The summed E-state index contributed by atoms with van der Waals surface area (Å²) in [5, 5.41) is 22.1. The molecular weight excluding hydrogens is 302 g/mol. The van der Waals surface area contributed by atoms with Crippen LogP contribution in [0, 0.1) is 0 Å². The van der Waals surface area contributed by atoms with Crippen LogP contribution in [0.15, 0.2) is 30.3 Å². The molecule has 1 aromatic rings. The molecule has 0 aromatic heterocycles. The number of carbonyl (C=O) groups excluding carboxylic acids is 2. The maximum absolute atomic E-state index is 12.0. The Balaban J connectivity index is 2.68. The van der Waals surface area contributed by atoms with Gasteiger partial charge in [-0.1, -0.05) is 30.3 Å². The van der Waals surface area contributed by atoms with Gasteiger partial charge in [0.2, 0.25) is 5.91 Å². The molecule has 126 valence electrons. The van der Waals surface area contributed by atoms with Gasteiger partial charge in [-0.15, -0.1) is 0 Å². The number of rotatable bonds is 9. The number of nitrogens with one attached hydrogen (secondary N) is 2. The molecule has 8 nitrogen and oxygen atoms in total. The Morgan fingerprint density at radius 1 is 1.09 bits per heavy atom. The smallest absolute Gasteiger partial charge is 0.405 e. The highest BCUT2D eigenvalue weighted by Gasteiger charge is 2.25. The summed E-state index contributed by atoms with van der Waals surface area (Å²) >= 11 is 0. The van der Waals surface area contributed by atoms with Gasteiger partial charge in [0.1, 0.15) is 12.6 Å². The van der Waals surface area contributed by atoms with E-state index < -0.39 is 36.5 Å². The standard InChI is InChI=1S/C15H21N3O5/c16-8-12(18-15(22)23)14(21)17-11(13(20)9-19)7-6-10-4-2-1-3-5-10/h1-5,11-12,18-19H,6-9,16H2,(H,17,21)(H,22,23). The van der Waals surface area contributed by atoms with E-state index in [-0.39, 0.29) is 6.54 Å². The molecule has 6 N–H and O–H groups in total. The van der Waals surface area contributed by atoms with E-state index in [2.05, 4.69) is 5.32 Å².